The number of β-amino-alcohol motifs (C(OH)–C–C–N with tert-alkyl or cyclic N) is 3. The predicted molar refractivity (Wildman–Crippen MR) is 519 cm³/mol. The zero-order valence-corrected chi connectivity index (χ0v) is 82.8. The number of carbonyl (C=O) groups is 17. The lowest BCUT2D eigenvalue weighted by atomic mass is 9.98. The average Bonchev–Trinajstić information content (AvgIpc) is 1.54. The number of amides is 5. The highest BCUT2D eigenvalue weighted by Gasteiger charge is 2.33. The van der Waals surface area contributed by atoms with Gasteiger partial charge in [0.15, 0.2) is 0 Å². The van der Waals surface area contributed by atoms with E-state index in [9.17, 15) is 158 Å². The minimum absolute atomic E-state index is 0.0293. The van der Waals surface area contributed by atoms with E-state index in [2.05, 4.69) is 47.9 Å². The van der Waals surface area contributed by atoms with Crippen LogP contribution in [0.25, 0.3) is 22.7 Å². The van der Waals surface area contributed by atoms with Gasteiger partial charge in [0.1, 0.15) is 29.6 Å². The molecule has 6 atom stereocenters. The number of aromatic nitrogens is 3. The molecular formula is C89H145N25O34. The fraction of sp³-hybridized carbons (Fsp3) is 0.674. The van der Waals surface area contributed by atoms with Gasteiger partial charge in [0.2, 0.25) is 17.7 Å². The Morgan fingerprint density at radius 1 is 0.378 bits per heavy atom. The van der Waals surface area contributed by atoms with Gasteiger partial charge in [-0.15, -0.1) is 10.6 Å². The van der Waals surface area contributed by atoms with Crippen LogP contribution in [0.5, 0.6) is 5.75 Å². The molecule has 3 saturated heterocycles. The first-order chi connectivity index (χ1) is 70.3. The molecule has 0 radical (unpaired) electrons. The summed E-state index contributed by atoms with van der Waals surface area (Å²) in [4.78, 5) is 227. The Kier molecular flexibility index (Phi) is 55.4. The Labute approximate surface area is 852 Å². The van der Waals surface area contributed by atoms with Crippen molar-refractivity contribution in [3.8, 4) is 17.0 Å². The number of hydrogen-bond acceptors (Lipinski definition) is 40. The molecule has 0 bridgehead atoms. The number of carboxylic acids is 13. The first kappa shape index (κ1) is 124. The van der Waals surface area contributed by atoms with Crippen molar-refractivity contribution in [1.29, 1.82) is 0 Å². The van der Waals surface area contributed by atoms with Crippen LogP contribution in [-0.4, -0.2) is 567 Å². The van der Waals surface area contributed by atoms with E-state index in [0.29, 0.717) is 11.3 Å². The zero-order chi connectivity index (χ0) is 109. The van der Waals surface area contributed by atoms with Gasteiger partial charge < -0.3 is 130 Å². The highest BCUT2D eigenvalue weighted by Crippen LogP contribution is 2.38. The number of rotatable bonds is 61. The van der Waals surface area contributed by atoms with Crippen molar-refractivity contribution in [2.75, 3.05) is 268 Å². The molecule has 830 valence electrons. The summed E-state index contributed by atoms with van der Waals surface area (Å²) < 4.78 is 8.07. The highest BCUT2D eigenvalue weighted by molar-refractivity contribution is 5.88. The van der Waals surface area contributed by atoms with E-state index in [-0.39, 0.29) is 341 Å². The summed E-state index contributed by atoms with van der Waals surface area (Å²) in [5.74, 6) is -17.7. The number of aliphatic hydroxyl groups excluding tert-OH is 3. The minimum atomic E-state index is -1.61. The second-order valence-electron chi connectivity index (χ2n) is 36.5. The molecule has 1 aromatic carbocycles. The molecular weight excluding hydrogens is 1960 g/mol. The first-order valence-corrected chi connectivity index (χ1v) is 48.7. The Hall–Kier alpha value is -13.0. The van der Waals surface area contributed by atoms with Crippen molar-refractivity contribution in [2.45, 2.75) is 120 Å². The average molecular weight is 2110 g/mol. The monoisotopic (exact) mass is 2110 g/mol. The van der Waals surface area contributed by atoms with Crippen molar-refractivity contribution in [2.24, 2.45) is 5.73 Å². The molecule has 59 nitrogen and oxygen atoms in total. The van der Waals surface area contributed by atoms with E-state index in [1.54, 1.807) is 62.4 Å². The number of urea groups is 1. The number of nitrogens with zero attached hydrogens (tertiary/aromatic N) is 16. The smallest absolute Gasteiger partial charge is 0.326 e. The van der Waals surface area contributed by atoms with Gasteiger partial charge in [-0.3, -0.25) is 126 Å². The molecule has 4 aliphatic rings. The second-order valence-corrected chi connectivity index (χ2v) is 36.5. The molecule has 1 aromatic heterocycles. The van der Waals surface area contributed by atoms with Crippen LogP contribution in [0.2, 0.25) is 0 Å². The molecule has 4 unspecified atom stereocenters. The van der Waals surface area contributed by atoms with Crippen LogP contribution in [0, 0.1) is 0 Å². The molecule has 0 aliphatic carbocycles. The van der Waals surface area contributed by atoms with Gasteiger partial charge >= 0.3 is 83.6 Å². The Balaban J connectivity index is 1.29. The number of nitrogens with two attached hydrogens (primary N) is 1. The third kappa shape index (κ3) is 51.6. The van der Waals surface area contributed by atoms with Gasteiger partial charge in [0, 0.05) is 251 Å². The zero-order valence-electron chi connectivity index (χ0n) is 82.8. The normalized spacial score (nSPS) is 18.0. The summed E-state index contributed by atoms with van der Waals surface area (Å²) in [6, 6.07) is -2.39. The van der Waals surface area contributed by atoms with E-state index in [1.165, 1.54) is 22.1 Å². The molecule has 26 N–H and O–H groups in total. The standard InChI is InChI=1S/C89H145N25O34/c90-66(43-91-42-61(115)44-101-15-21-104(51-76(123)124)27-33-110(57-82(135)136)34-28-105(22-16-101)52-77(125)126)64-40-60(70-49-113(99-97-70)47-62(116)45-102-17-23-106(53-78(127)128)29-35-111(58-83(137)138)36-30-107(24-18-102)54-79(129)130)41-65(71-50-114(100-98-71)48-63(117)46-103-19-25-108(55-80(131)132)31-37-112(59-84(139)140)38-32-109(26-20-103)56-81(133)134)85(64)148-39-4-2-8-74(120)94-67(86(141)142)7-5-14-93-73(119)11-10-72(118)92-13-3-1-6-68(87(143)144)95-89(147)96-69(88(145)146)9-12-75(121)122/h40-41,43,49-50,61-63,67-69,91,97,99,115-117H,1-39,42,44-48,51-59,90H2,(H,92,118)(H,93,119)(H,94,120)(H,121,122)(H,123,124)(H,125,126)(H,127,128)(H,129,130)(H,131,132)(H,133,134)(H,135,136)(H,137,138)(H,139,140)(H,141,142)(H,143,144)(H,145,146)(H2,95,96,147)/b66-43-/t61?,62?,63?,67?,68-,69-/m0/s1. The van der Waals surface area contributed by atoms with E-state index < -0.39 is 177 Å². The number of unbranched alkanes of at least 4 members (excludes halogenated alkanes) is 2. The fourth-order valence-electron chi connectivity index (χ4n) is 16.6. The van der Waals surface area contributed by atoms with Crippen molar-refractivity contribution >= 4 is 113 Å². The molecule has 0 spiro atoms. The molecule has 5 amide bonds. The lowest BCUT2D eigenvalue weighted by Crippen LogP contribution is -2.51. The maximum atomic E-state index is 13.7. The van der Waals surface area contributed by atoms with Gasteiger partial charge in [-0.25, -0.2) is 23.9 Å². The molecule has 3 fully saturated rings. The Morgan fingerprint density at radius 2 is 0.730 bits per heavy atom. The van der Waals surface area contributed by atoms with Crippen molar-refractivity contribution < 1.29 is 168 Å². The van der Waals surface area contributed by atoms with E-state index >= 15 is 0 Å². The fourth-order valence-corrected chi connectivity index (χ4v) is 16.6. The van der Waals surface area contributed by atoms with Crippen molar-refractivity contribution in [3.63, 3.8) is 0 Å². The summed E-state index contributed by atoms with van der Waals surface area (Å²) in [6.07, 6.45) is -0.728. The maximum absolute atomic E-state index is 13.7. The molecule has 0 saturated carbocycles. The van der Waals surface area contributed by atoms with Crippen LogP contribution >= 0.6 is 0 Å². The number of aliphatic carboxylic acids is 13. The molecule has 6 rings (SSSR count). The van der Waals surface area contributed by atoms with Crippen LogP contribution in [0.4, 0.5) is 4.79 Å². The van der Waals surface area contributed by atoms with Crippen molar-refractivity contribution in [3.05, 3.63) is 41.9 Å². The van der Waals surface area contributed by atoms with Crippen LogP contribution in [0.15, 0.2) is 30.7 Å². The van der Waals surface area contributed by atoms with Gasteiger partial charge in [-0.2, -0.15) is 0 Å². The van der Waals surface area contributed by atoms with Crippen molar-refractivity contribution in [1.82, 2.24) is 122 Å². The first-order valence-electron chi connectivity index (χ1n) is 48.7. The number of aliphatic hydroxyl groups is 3. The van der Waals surface area contributed by atoms with Crippen LogP contribution < -0.4 is 53.3 Å². The van der Waals surface area contributed by atoms with Gasteiger partial charge in [-0.1, -0.05) is 5.21 Å². The number of hydrazine groups is 2. The lowest BCUT2D eigenvalue weighted by molar-refractivity contribution is -0.142. The number of nitrogens with one attached hydrogen (secondary N) is 8. The largest absolute Gasteiger partial charge is 0.492 e. The summed E-state index contributed by atoms with van der Waals surface area (Å²) in [5, 5.41) is 188. The van der Waals surface area contributed by atoms with Crippen LogP contribution in [0.1, 0.15) is 88.2 Å². The highest BCUT2D eigenvalue weighted by atomic mass is 16.5. The Morgan fingerprint density at radius 3 is 1.11 bits per heavy atom. The second kappa shape index (κ2) is 66.3. The van der Waals surface area contributed by atoms with E-state index in [0.717, 1.165) is 0 Å². The van der Waals surface area contributed by atoms with Crippen LogP contribution in [-0.2, 0) is 83.3 Å². The number of benzene rings is 1. The van der Waals surface area contributed by atoms with E-state index in [1.807, 2.05) is 20.0 Å². The molecule has 5 heterocycles. The third-order valence-corrected chi connectivity index (χ3v) is 24.3. The number of carboxylic acid groups (broad SMARTS) is 13. The summed E-state index contributed by atoms with van der Waals surface area (Å²) in [7, 11) is 0. The minimum Gasteiger partial charge on any atom is -0.492 e. The third-order valence-electron chi connectivity index (χ3n) is 24.3. The quantitative estimate of drug-likeness (QED) is 0.0274. The molecule has 2 aromatic rings. The Bertz CT molecular complexity index is 4640. The summed E-state index contributed by atoms with van der Waals surface area (Å²) in [5.41, 5.74) is 14.4. The topological polar surface area (TPSA) is 818 Å². The SMILES string of the molecule is N/C(=C\NCC(O)CN1CCN(CC(=O)O)CCN(CC(=O)O)CCN(CC(=O)O)CC1)c1cc(C2=CN(CC(O)CN3CCN(CC(=O)O)CCN(CC(=O)O)CCN(CC(=O)O)CC3)NN2)cc(-c2cn(CC(O)CN3CCN(CC(=O)O)CCN(CC(=O)O)CCN(CC(=O)O)CC3)nn2)c1OCCCCC(=O)NC(CCCNC(=O)CCC(=O)NCCCC[C@H](NC(=O)N[C@@H](CCC(=O)O)C(=O)O)C(=O)O)C(=O)O. The maximum Gasteiger partial charge on any atom is 0.326 e. The summed E-state index contributed by atoms with van der Waals surface area (Å²) >= 11 is 0. The number of carbonyl (C=O) groups excluding carboxylic acids is 4. The molecule has 148 heavy (non-hydrogen) atoms. The molecule has 59 heteroatoms. The van der Waals surface area contributed by atoms with Crippen LogP contribution in [0.3, 0.4) is 0 Å². The number of hydrogen-bond donors (Lipinski definition) is 25. The lowest BCUT2D eigenvalue weighted by Gasteiger charge is -2.34. The van der Waals surface area contributed by atoms with Gasteiger partial charge in [0.05, 0.1) is 115 Å². The van der Waals surface area contributed by atoms with Gasteiger partial charge in [0.25, 0.3) is 0 Å². The summed E-state index contributed by atoms with van der Waals surface area (Å²) in [6.45, 7) is -0.995. The predicted octanol–water partition coefficient (Wildman–Crippen LogP) is -8.92. The van der Waals surface area contributed by atoms with Gasteiger partial charge in [-0.05, 0) is 63.5 Å². The molecule has 4 aliphatic heterocycles. The van der Waals surface area contributed by atoms with E-state index in [4.69, 9.17) is 15.6 Å². The number of ether oxygens (including phenoxy) is 1.